The molecule has 0 radical (unpaired) electrons. The predicted molar refractivity (Wildman–Crippen MR) is 68.2 cm³/mol. The van der Waals surface area contributed by atoms with E-state index in [1.54, 1.807) is 7.05 Å². The number of carbonyl (C=O) groups excluding carboxylic acids is 1. The summed E-state index contributed by atoms with van der Waals surface area (Å²) in [6.45, 7) is 5.76. The molecule has 3 nitrogen and oxygen atoms in total. The van der Waals surface area contributed by atoms with Gasteiger partial charge in [-0.3, -0.25) is 9.63 Å². The fraction of sp³-hybridized carbons (Fsp3) is 0.357. The molecule has 3 heteroatoms. The lowest BCUT2D eigenvalue weighted by molar-refractivity contribution is -0.172. The van der Waals surface area contributed by atoms with Crippen LogP contribution >= 0.6 is 0 Å². The van der Waals surface area contributed by atoms with E-state index in [1.165, 1.54) is 12.2 Å². The first kappa shape index (κ1) is 13.5. The van der Waals surface area contributed by atoms with Gasteiger partial charge in [-0.15, -0.1) is 0 Å². The molecule has 92 valence electrons. The quantitative estimate of drug-likeness (QED) is 0.577. The minimum absolute atomic E-state index is 0.0659. The van der Waals surface area contributed by atoms with E-state index in [1.807, 2.05) is 37.3 Å². The average Bonchev–Trinajstić information content (AvgIpc) is 2.35. The van der Waals surface area contributed by atoms with Crippen LogP contribution < -0.4 is 0 Å². The Kier molecular flexibility index (Phi) is 4.91. The number of hydrogen-bond donors (Lipinski definition) is 0. The first-order chi connectivity index (χ1) is 8.06. The second kappa shape index (κ2) is 6.21. The van der Waals surface area contributed by atoms with Gasteiger partial charge in [-0.1, -0.05) is 42.5 Å². The highest BCUT2D eigenvalue weighted by atomic mass is 16.7. The van der Waals surface area contributed by atoms with Gasteiger partial charge in [0.05, 0.1) is 13.0 Å². The van der Waals surface area contributed by atoms with Crippen molar-refractivity contribution in [2.24, 2.45) is 5.92 Å². The van der Waals surface area contributed by atoms with Crippen molar-refractivity contribution in [3.63, 3.8) is 0 Å². The summed E-state index contributed by atoms with van der Waals surface area (Å²) in [6.07, 6.45) is 0.655. The van der Waals surface area contributed by atoms with Crippen molar-refractivity contribution in [2.45, 2.75) is 13.3 Å². The first-order valence-corrected chi connectivity index (χ1v) is 5.57. The van der Waals surface area contributed by atoms with E-state index >= 15 is 0 Å². The van der Waals surface area contributed by atoms with Gasteiger partial charge < -0.3 is 0 Å². The van der Waals surface area contributed by atoms with Crippen molar-refractivity contribution >= 4 is 5.91 Å². The molecule has 0 N–H and O–H groups in total. The summed E-state index contributed by atoms with van der Waals surface area (Å²) < 4.78 is 0. The smallest absolute Gasteiger partial charge is 0.253 e. The number of amides is 1. The Morgan fingerprint density at radius 3 is 2.47 bits per heavy atom. The molecule has 0 aromatic heterocycles. The standard InChI is InChI=1S/C14H19NO2/c1-11(2)13(14(16)15(3)17-4)10-12-8-6-5-7-9-12/h5-9,13H,1,10H2,2-4H3. The summed E-state index contributed by atoms with van der Waals surface area (Å²) in [5, 5.41) is 1.25. The summed E-state index contributed by atoms with van der Waals surface area (Å²) in [5.41, 5.74) is 1.97. The average molecular weight is 233 g/mol. The van der Waals surface area contributed by atoms with Crippen molar-refractivity contribution in [2.75, 3.05) is 14.2 Å². The van der Waals surface area contributed by atoms with E-state index in [2.05, 4.69) is 6.58 Å². The summed E-state index contributed by atoms with van der Waals surface area (Å²) in [6, 6.07) is 9.92. The topological polar surface area (TPSA) is 29.5 Å². The van der Waals surface area contributed by atoms with Crippen LogP contribution in [0.4, 0.5) is 0 Å². The third kappa shape index (κ3) is 3.71. The Balaban J connectivity index is 2.81. The molecule has 1 atom stereocenters. The highest BCUT2D eigenvalue weighted by Gasteiger charge is 2.23. The van der Waals surface area contributed by atoms with E-state index in [4.69, 9.17) is 4.84 Å². The van der Waals surface area contributed by atoms with Gasteiger partial charge in [0.25, 0.3) is 5.91 Å². The van der Waals surface area contributed by atoms with Crippen molar-refractivity contribution in [3.8, 4) is 0 Å². The Morgan fingerprint density at radius 1 is 1.41 bits per heavy atom. The lowest BCUT2D eigenvalue weighted by Crippen LogP contribution is -2.33. The van der Waals surface area contributed by atoms with Crippen molar-refractivity contribution in [1.82, 2.24) is 5.06 Å². The minimum Gasteiger partial charge on any atom is -0.275 e. The molecule has 0 fully saturated rings. The molecule has 0 bridgehead atoms. The van der Waals surface area contributed by atoms with Crippen LogP contribution in [0.2, 0.25) is 0 Å². The maximum absolute atomic E-state index is 12.1. The van der Waals surface area contributed by atoms with Crippen LogP contribution in [0, 0.1) is 5.92 Å². The van der Waals surface area contributed by atoms with Gasteiger partial charge in [0.15, 0.2) is 0 Å². The van der Waals surface area contributed by atoms with E-state index in [0.29, 0.717) is 6.42 Å². The number of benzene rings is 1. The van der Waals surface area contributed by atoms with Crippen LogP contribution in [0.1, 0.15) is 12.5 Å². The van der Waals surface area contributed by atoms with Gasteiger partial charge in [-0.25, -0.2) is 5.06 Å². The zero-order valence-electron chi connectivity index (χ0n) is 10.6. The minimum atomic E-state index is -0.234. The van der Waals surface area contributed by atoms with Gasteiger partial charge in [-0.2, -0.15) is 0 Å². The Labute approximate surface area is 103 Å². The Morgan fingerprint density at radius 2 is 2.00 bits per heavy atom. The number of hydrogen-bond acceptors (Lipinski definition) is 2. The van der Waals surface area contributed by atoms with Crippen LogP contribution in [-0.4, -0.2) is 25.1 Å². The summed E-state index contributed by atoms with van der Waals surface area (Å²) in [5.74, 6) is -0.300. The molecule has 0 aliphatic carbocycles. The predicted octanol–water partition coefficient (Wildman–Crippen LogP) is 2.44. The molecule has 1 unspecified atom stereocenters. The van der Waals surface area contributed by atoms with Crippen LogP contribution in [0.15, 0.2) is 42.5 Å². The van der Waals surface area contributed by atoms with Crippen molar-refractivity contribution in [3.05, 3.63) is 48.0 Å². The van der Waals surface area contributed by atoms with Crippen molar-refractivity contribution in [1.29, 1.82) is 0 Å². The fourth-order valence-corrected chi connectivity index (χ4v) is 1.63. The second-order valence-corrected chi connectivity index (χ2v) is 4.11. The molecule has 1 aromatic rings. The zero-order valence-corrected chi connectivity index (χ0v) is 10.6. The van der Waals surface area contributed by atoms with Crippen LogP contribution in [0.3, 0.4) is 0 Å². The lowest BCUT2D eigenvalue weighted by Gasteiger charge is -2.22. The number of hydroxylamine groups is 2. The molecule has 0 saturated carbocycles. The third-order valence-electron chi connectivity index (χ3n) is 2.76. The summed E-state index contributed by atoms with van der Waals surface area (Å²) >= 11 is 0. The largest absolute Gasteiger partial charge is 0.275 e. The highest BCUT2D eigenvalue weighted by molar-refractivity contribution is 5.80. The van der Waals surface area contributed by atoms with Crippen LogP contribution in [-0.2, 0) is 16.1 Å². The van der Waals surface area contributed by atoms with E-state index in [9.17, 15) is 4.79 Å². The second-order valence-electron chi connectivity index (χ2n) is 4.11. The molecule has 0 saturated heterocycles. The zero-order chi connectivity index (χ0) is 12.8. The Bertz CT molecular complexity index is 386. The SMILES string of the molecule is C=C(C)C(Cc1ccccc1)C(=O)N(C)OC. The maximum Gasteiger partial charge on any atom is 0.253 e. The van der Waals surface area contributed by atoms with E-state index < -0.39 is 0 Å². The van der Waals surface area contributed by atoms with E-state index in [0.717, 1.165) is 11.1 Å². The third-order valence-corrected chi connectivity index (χ3v) is 2.76. The molecule has 17 heavy (non-hydrogen) atoms. The molecular formula is C14H19NO2. The number of rotatable bonds is 5. The highest BCUT2D eigenvalue weighted by Crippen LogP contribution is 2.18. The van der Waals surface area contributed by atoms with Gasteiger partial charge in [0.1, 0.15) is 0 Å². The Hall–Kier alpha value is -1.61. The maximum atomic E-state index is 12.1. The van der Waals surface area contributed by atoms with Gasteiger partial charge >= 0.3 is 0 Å². The number of carbonyl (C=O) groups is 1. The first-order valence-electron chi connectivity index (χ1n) is 5.57. The lowest BCUT2D eigenvalue weighted by atomic mass is 9.93. The number of nitrogens with zero attached hydrogens (tertiary/aromatic N) is 1. The van der Waals surface area contributed by atoms with E-state index in [-0.39, 0.29) is 11.8 Å². The normalized spacial score (nSPS) is 11.9. The molecule has 0 heterocycles. The van der Waals surface area contributed by atoms with Crippen molar-refractivity contribution < 1.29 is 9.63 Å². The molecule has 0 aliphatic rings. The molecule has 1 amide bonds. The fourth-order valence-electron chi connectivity index (χ4n) is 1.63. The molecule has 0 spiro atoms. The molecule has 1 aromatic carbocycles. The molecule has 1 rings (SSSR count). The van der Waals surface area contributed by atoms with Crippen LogP contribution in [0.25, 0.3) is 0 Å². The summed E-state index contributed by atoms with van der Waals surface area (Å²) in [7, 11) is 3.10. The van der Waals surface area contributed by atoms with Crippen LogP contribution in [0.5, 0.6) is 0 Å². The molecular weight excluding hydrogens is 214 g/mol. The van der Waals surface area contributed by atoms with Gasteiger partial charge in [0, 0.05) is 7.05 Å². The van der Waals surface area contributed by atoms with Gasteiger partial charge in [0.2, 0.25) is 0 Å². The molecule has 0 aliphatic heterocycles. The summed E-state index contributed by atoms with van der Waals surface area (Å²) in [4.78, 5) is 17.0. The monoisotopic (exact) mass is 233 g/mol. The van der Waals surface area contributed by atoms with Gasteiger partial charge in [-0.05, 0) is 18.9 Å².